The number of carbonyl (C=O) groups excluding carboxylic acids is 1. The van der Waals surface area contributed by atoms with Crippen molar-refractivity contribution in [2.45, 2.75) is 13.0 Å². The van der Waals surface area contributed by atoms with Crippen molar-refractivity contribution in [3.05, 3.63) is 65.7 Å². The lowest BCUT2D eigenvalue weighted by Gasteiger charge is -2.22. The second-order valence-corrected chi connectivity index (χ2v) is 7.42. The fraction of sp³-hybridized carbons (Fsp3) is 0.222. The van der Waals surface area contributed by atoms with Crippen LogP contribution in [0.2, 0.25) is 0 Å². The Morgan fingerprint density at radius 2 is 1.88 bits per heavy atom. The van der Waals surface area contributed by atoms with Gasteiger partial charge in [-0.15, -0.1) is 0 Å². The molecular weight excluding hydrogens is 338 g/mol. The molecule has 0 aromatic heterocycles. The molecule has 0 aliphatic heterocycles. The summed E-state index contributed by atoms with van der Waals surface area (Å²) in [5, 5.41) is 11.7. The number of rotatable bonds is 7. The number of hydrogen-bond donors (Lipinski definition) is 1. The summed E-state index contributed by atoms with van der Waals surface area (Å²) in [5.41, 5.74) is 1.70. The zero-order valence-corrected chi connectivity index (χ0v) is 14.7. The van der Waals surface area contributed by atoms with Gasteiger partial charge >= 0.3 is 0 Å². The third-order valence-electron chi connectivity index (χ3n) is 3.54. The van der Waals surface area contributed by atoms with Crippen molar-refractivity contribution >= 4 is 21.6 Å². The monoisotopic (exact) mass is 357 g/mol. The van der Waals surface area contributed by atoms with Gasteiger partial charge in [-0.1, -0.05) is 36.4 Å². The van der Waals surface area contributed by atoms with E-state index in [1.807, 2.05) is 36.4 Å². The summed E-state index contributed by atoms with van der Waals surface area (Å²) < 4.78 is 25.2. The van der Waals surface area contributed by atoms with Crippen LogP contribution in [0.25, 0.3) is 0 Å². The fourth-order valence-electron chi connectivity index (χ4n) is 2.30. The number of nitrogens with zero attached hydrogens (tertiary/aromatic N) is 2. The SMILES string of the molecule is CS(=O)(=O)N(CCC(=O)NCc1ccccc1)c1cccc(C#N)c1. The first-order valence-electron chi connectivity index (χ1n) is 7.68. The third kappa shape index (κ3) is 5.62. The van der Waals surface area contributed by atoms with Crippen LogP contribution in [-0.4, -0.2) is 27.1 Å². The predicted octanol–water partition coefficient (Wildman–Crippen LogP) is 2.03. The number of anilines is 1. The topological polar surface area (TPSA) is 90.3 Å². The van der Waals surface area contributed by atoms with Crippen LogP contribution in [0.3, 0.4) is 0 Å². The molecule has 2 rings (SSSR count). The lowest BCUT2D eigenvalue weighted by Crippen LogP contribution is -2.34. The predicted molar refractivity (Wildman–Crippen MR) is 96.3 cm³/mol. The first-order chi connectivity index (χ1) is 11.9. The molecule has 0 aliphatic rings. The molecule has 0 aliphatic carbocycles. The highest BCUT2D eigenvalue weighted by molar-refractivity contribution is 7.92. The van der Waals surface area contributed by atoms with Crippen molar-refractivity contribution in [3.63, 3.8) is 0 Å². The molecule has 0 unspecified atom stereocenters. The molecule has 7 heteroatoms. The van der Waals surface area contributed by atoms with Gasteiger partial charge in [0.25, 0.3) is 0 Å². The second-order valence-electron chi connectivity index (χ2n) is 5.51. The average Bonchev–Trinajstić information content (AvgIpc) is 2.60. The van der Waals surface area contributed by atoms with Gasteiger partial charge in [0.1, 0.15) is 0 Å². The Morgan fingerprint density at radius 3 is 2.52 bits per heavy atom. The Bertz CT molecular complexity index is 874. The highest BCUT2D eigenvalue weighted by Gasteiger charge is 2.18. The molecule has 25 heavy (non-hydrogen) atoms. The summed E-state index contributed by atoms with van der Waals surface area (Å²) in [5.74, 6) is -0.242. The first-order valence-corrected chi connectivity index (χ1v) is 9.53. The summed E-state index contributed by atoms with van der Waals surface area (Å²) >= 11 is 0. The molecule has 0 fully saturated rings. The molecule has 0 spiro atoms. The molecule has 130 valence electrons. The summed E-state index contributed by atoms with van der Waals surface area (Å²) in [6.07, 6.45) is 1.10. The van der Waals surface area contributed by atoms with Crippen LogP contribution in [0.4, 0.5) is 5.69 Å². The lowest BCUT2D eigenvalue weighted by atomic mass is 10.2. The molecule has 0 saturated carbocycles. The fourth-order valence-corrected chi connectivity index (χ4v) is 3.22. The molecular formula is C18H19N3O3S. The summed E-state index contributed by atoms with van der Waals surface area (Å²) in [4.78, 5) is 12.0. The van der Waals surface area contributed by atoms with Gasteiger partial charge in [-0.2, -0.15) is 5.26 Å². The minimum absolute atomic E-state index is 0.00827. The molecule has 2 aromatic rings. The van der Waals surface area contributed by atoms with E-state index in [1.165, 1.54) is 6.07 Å². The molecule has 0 bridgehead atoms. The largest absolute Gasteiger partial charge is 0.352 e. The molecule has 6 nitrogen and oxygen atoms in total. The van der Waals surface area contributed by atoms with Gasteiger partial charge < -0.3 is 5.32 Å². The summed E-state index contributed by atoms with van der Waals surface area (Å²) in [6, 6.07) is 17.7. The zero-order chi connectivity index (χ0) is 18.3. The number of nitriles is 1. The van der Waals surface area contributed by atoms with Gasteiger partial charge in [-0.3, -0.25) is 9.10 Å². The molecule has 1 N–H and O–H groups in total. The summed E-state index contributed by atoms with van der Waals surface area (Å²) in [6.45, 7) is 0.400. The quantitative estimate of drug-likeness (QED) is 0.821. The molecule has 2 aromatic carbocycles. The minimum Gasteiger partial charge on any atom is -0.352 e. The van der Waals surface area contributed by atoms with Crippen LogP contribution in [0.1, 0.15) is 17.5 Å². The van der Waals surface area contributed by atoms with Gasteiger partial charge in [0.15, 0.2) is 0 Å². The van der Waals surface area contributed by atoms with E-state index in [0.717, 1.165) is 16.1 Å². The molecule has 0 radical (unpaired) electrons. The van der Waals surface area contributed by atoms with E-state index in [2.05, 4.69) is 5.32 Å². The maximum atomic E-state index is 12.0. The Balaban J connectivity index is 2.01. The molecule has 0 heterocycles. The Hall–Kier alpha value is -2.85. The van der Waals surface area contributed by atoms with E-state index in [4.69, 9.17) is 5.26 Å². The normalized spacial score (nSPS) is 10.7. The van der Waals surface area contributed by atoms with Crippen molar-refractivity contribution in [1.82, 2.24) is 5.32 Å². The number of hydrogen-bond acceptors (Lipinski definition) is 4. The van der Waals surface area contributed by atoms with Crippen LogP contribution in [0.15, 0.2) is 54.6 Å². The number of benzene rings is 2. The van der Waals surface area contributed by atoms with E-state index in [1.54, 1.807) is 18.2 Å². The van der Waals surface area contributed by atoms with Crippen molar-refractivity contribution < 1.29 is 13.2 Å². The molecule has 0 saturated heterocycles. The number of sulfonamides is 1. The van der Waals surface area contributed by atoms with Gasteiger partial charge in [-0.05, 0) is 23.8 Å². The van der Waals surface area contributed by atoms with Crippen molar-refractivity contribution in [1.29, 1.82) is 5.26 Å². The van der Waals surface area contributed by atoms with Crippen LogP contribution in [-0.2, 0) is 21.4 Å². The van der Waals surface area contributed by atoms with Crippen LogP contribution in [0, 0.1) is 11.3 Å². The van der Waals surface area contributed by atoms with E-state index < -0.39 is 10.0 Å². The van der Waals surface area contributed by atoms with Gasteiger partial charge in [0.05, 0.1) is 23.6 Å². The Kier molecular flexibility index (Phi) is 6.14. The second kappa shape index (κ2) is 8.31. The van der Waals surface area contributed by atoms with Gasteiger partial charge in [0.2, 0.25) is 15.9 Å². The maximum Gasteiger partial charge on any atom is 0.232 e. The highest BCUT2D eigenvalue weighted by Crippen LogP contribution is 2.19. The van der Waals surface area contributed by atoms with E-state index in [0.29, 0.717) is 17.8 Å². The van der Waals surface area contributed by atoms with Crippen LogP contribution >= 0.6 is 0 Å². The highest BCUT2D eigenvalue weighted by atomic mass is 32.2. The zero-order valence-electron chi connectivity index (χ0n) is 13.8. The first kappa shape index (κ1) is 18.5. The standard InChI is InChI=1S/C18H19N3O3S/c1-25(23,24)21(17-9-5-8-16(12-17)13-19)11-10-18(22)20-14-15-6-3-2-4-7-15/h2-9,12H,10-11,14H2,1H3,(H,20,22). The van der Waals surface area contributed by atoms with Crippen molar-refractivity contribution in [2.24, 2.45) is 0 Å². The van der Waals surface area contributed by atoms with Crippen LogP contribution < -0.4 is 9.62 Å². The van der Waals surface area contributed by atoms with E-state index in [-0.39, 0.29) is 18.9 Å². The number of nitrogens with one attached hydrogen (secondary N) is 1. The van der Waals surface area contributed by atoms with Crippen LogP contribution in [0.5, 0.6) is 0 Å². The van der Waals surface area contributed by atoms with E-state index in [9.17, 15) is 13.2 Å². The third-order valence-corrected chi connectivity index (χ3v) is 4.73. The Morgan fingerprint density at radius 1 is 1.16 bits per heavy atom. The van der Waals surface area contributed by atoms with Gasteiger partial charge in [-0.25, -0.2) is 8.42 Å². The number of carbonyl (C=O) groups is 1. The lowest BCUT2D eigenvalue weighted by molar-refractivity contribution is -0.121. The average molecular weight is 357 g/mol. The number of amides is 1. The minimum atomic E-state index is -3.56. The van der Waals surface area contributed by atoms with E-state index >= 15 is 0 Å². The van der Waals surface area contributed by atoms with Gasteiger partial charge in [0, 0.05) is 19.5 Å². The van der Waals surface area contributed by atoms with Crippen molar-refractivity contribution in [2.75, 3.05) is 17.1 Å². The Labute approximate surface area is 147 Å². The maximum absolute atomic E-state index is 12.0. The van der Waals surface area contributed by atoms with Crippen molar-refractivity contribution in [3.8, 4) is 6.07 Å². The summed E-state index contributed by atoms with van der Waals surface area (Å²) in [7, 11) is -3.56. The smallest absolute Gasteiger partial charge is 0.232 e. The molecule has 0 atom stereocenters. The molecule has 1 amide bonds.